The predicted molar refractivity (Wildman–Crippen MR) is 122 cm³/mol. The van der Waals surface area contributed by atoms with Crippen LogP contribution in [0.1, 0.15) is 41.3 Å². The number of hydrogen-bond acceptors (Lipinski definition) is 7. The molecule has 0 aliphatic carbocycles. The SMILES string of the molecule is Cc1noc(-c2ccccc2C(=O)N2CCCC[C@H]2Cc2nnc(-c3cccc(Cl)c3)o2)n1. The van der Waals surface area contributed by atoms with Gasteiger partial charge in [0.05, 0.1) is 11.1 Å². The molecule has 1 aliphatic rings. The number of aryl methyl sites for hydroxylation is 1. The minimum absolute atomic E-state index is 0.0450. The summed E-state index contributed by atoms with van der Waals surface area (Å²) in [4.78, 5) is 19.8. The zero-order chi connectivity index (χ0) is 22.8. The van der Waals surface area contributed by atoms with Crippen molar-refractivity contribution in [3.05, 3.63) is 70.8 Å². The van der Waals surface area contributed by atoms with Crippen LogP contribution < -0.4 is 0 Å². The Labute approximate surface area is 195 Å². The van der Waals surface area contributed by atoms with Gasteiger partial charge in [0.15, 0.2) is 5.82 Å². The number of piperidine rings is 1. The summed E-state index contributed by atoms with van der Waals surface area (Å²) in [5, 5.41) is 12.9. The van der Waals surface area contributed by atoms with Gasteiger partial charge >= 0.3 is 0 Å². The fourth-order valence-corrected chi connectivity index (χ4v) is 4.36. The monoisotopic (exact) mass is 463 g/mol. The lowest BCUT2D eigenvalue weighted by molar-refractivity contribution is 0.0606. The molecule has 1 aliphatic heterocycles. The summed E-state index contributed by atoms with van der Waals surface area (Å²) in [5.41, 5.74) is 1.94. The van der Waals surface area contributed by atoms with Crippen molar-refractivity contribution in [3.8, 4) is 22.9 Å². The topological polar surface area (TPSA) is 98.2 Å². The quantitative estimate of drug-likeness (QED) is 0.411. The molecule has 4 aromatic rings. The summed E-state index contributed by atoms with van der Waals surface area (Å²) in [5.74, 6) is 1.71. The Hall–Kier alpha value is -3.52. The molecule has 1 saturated heterocycles. The molecule has 1 fully saturated rings. The van der Waals surface area contributed by atoms with Gasteiger partial charge in [-0.05, 0) is 56.5 Å². The number of rotatable bonds is 5. The van der Waals surface area contributed by atoms with E-state index < -0.39 is 0 Å². The molecule has 33 heavy (non-hydrogen) atoms. The summed E-state index contributed by atoms with van der Waals surface area (Å²) < 4.78 is 11.2. The zero-order valence-corrected chi connectivity index (χ0v) is 18.8. The van der Waals surface area contributed by atoms with Gasteiger partial charge < -0.3 is 13.8 Å². The molecule has 2 aromatic heterocycles. The first kappa shape index (κ1) is 21.3. The van der Waals surface area contributed by atoms with E-state index in [1.54, 1.807) is 25.1 Å². The van der Waals surface area contributed by atoms with Gasteiger partial charge in [-0.15, -0.1) is 10.2 Å². The van der Waals surface area contributed by atoms with Crippen LogP contribution in [0.2, 0.25) is 5.02 Å². The van der Waals surface area contributed by atoms with E-state index in [2.05, 4.69) is 20.3 Å². The average molecular weight is 464 g/mol. The fraction of sp³-hybridized carbons (Fsp3) is 0.292. The van der Waals surface area contributed by atoms with E-state index in [9.17, 15) is 4.79 Å². The minimum atomic E-state index is -0.0688. The van der Waals surface area contributed by atoms with Gasteiger partial charge in [-0.2, -0.15) is 4.98 Å². The summed E-state index contributed by atoms with van der Waals surface area (Å²) in [7, 11) is 0. The normalized spacial score (nSPS) is 16.2. The summed E-state index contributed by atoms with van der Waals surface area (Å²) in [6.07, 6.45) is 3.33. The predicted octanol–water partition coefficient (Wildman–Crippen LogP) is 4.99. The van der Waals surface area contributed by atoms with E-state index in [-0.39, 0.29) is 11.9 Å². The second kappa shape index (κ2) is 9.15. The van der Waals surface area contributed by atoms with Gasteiger partial charge in [0, 0.05) is 29.6 Å². The van der Waals surface area contributed by atoms with Crippen molar-refractivity contribution in [2.45, 2.75) is 38.6 Å². The Balaban J connectivity index is 1.39. The molecule has 0 saturated carbocycles. The van der Waals surface area contributed by atoms with Crippen molar-refractivity contribution in [1.82, 2.24) is 25.2 Å². The van der Waals surface area contributed by atoms with E-state index in [0.717, 1.165) is 24.8 Å². The third-order valence-electron chi connectivity index (χ3n) is 5.75. The first-order valence-corrected chi connectivity index (χ1v) is 11.3. The molecule has 3 heterocycles. The van der Waals surface area contributed by atoms with Gasteiger partial charge in [-0.3, -0.25) is 4.79 Å². The second-order valence-electron chi connectivity index (χ2n) is 8.06. The third-order valence-corrected chi connectivity index (χ3v) is 5.99. The lowest BCUT2D eigenvalue weighted by atomic mass is 9.97. The van der Waals surface area contributed by atoms with Crippen LogP contribution in [0.15, 0.2) is 57.5 Å². The number of hydrogen-bond donors (Lipinski definition) is 0. The van der Waals surface area contributed by atoms with Gasteiger partial charge in [-0.25, -0.2) is 0 Å². The first-order chi connectivity index (χ1) is 16.1. The Morgan fingerprint density at radius 1 is 1.12 bits per heavy atom. The van der Waals surface area contributed by atoms with Crippen LogP contribution in [-0.4, -0.2) is 43.7 Å². The Bertz CT molecular complexity index is 1280. The molecule has 1 amide bonds. The number of carbonyl (C=O) groups is 1. The average Bonchev–Trinajstić information content (AvgIpc) is 3.48. The van der Waals surface area contributed by atoms with E-state index in [1.165, 1.54) is 0 Å². The third kappa shape index (κ3) is 4.52. The lowest BCUT2D eigenvalue weighted by Crippen LogP contribution is -2.45. The molecule has 0 radical (unpaired) electrons. The summed E-state index contributed by atoms with van der Waals surface area (Å²) in [6.45, 7) is 2.41. The number of benzene rings is 2. The summed E-state index contributed by atoms with van der Waals surface area (Å²) in [6, 6.07) is 14.6. The fourth-order valence-electron chi connectivity index (χ4n) is 4.17. The number of likely N-dealkylation sites (tertiary alicyclic amines) is 1. The van der Waals surface area contributed by atoms with E-state index in [4.69, 9.17) is 20.5 Å². The van der Waals surface area contributed by atoms with Crippen LogP contribution in [0.4, 0.5) is 0 Å². The maximum absolute atomic E-state index is 13.6. The maximum atomic E-state index is 13.6. The van der Waals surface area contributed by atoms with E-state index in [1.807, 2.05) is 35.2 Å². The highest BCUT2D eigenvalue weighted by Gasteiger charge is 2.31. The van der Waals surface area contributed by atoms with Crippen molar-refractivity contribution < 1.29 is 13.7 Å². The van der Waals surface area contributed by atoms with Gasteiger partial charge in [0.2, 0.25) is 11.8 Å². The largest absolute Gasteiger partial charge is 0.421 e. The van der Waals surface area contributed by atoms with Crippen LogP contribution in [0.5, 0.6) is 0 Å². The lowest BCUT2D eigenvalue weighted by Gasteiger charge is -2.35. The van der Waals surface area contributed by atoms with E-state index in [0.29, 0.717) is 52.6 Å². The first-order valence-electron chi connectivity index (χ1n) is 10.9. The van der Waals surface area contributed by atoms with Crippen molar-refractivity contribution in [2.24, 2.45) is 0 Å². The maximum Gasteiger partial charge on any atom is 0.258 e. The number of carbonyl (C=O) groups excluding carboxylic acids is 1. The number of amides is 1. The standard InChI is InChI=1S/C24H22ClN5O3/c1-15-26-23(33-29-15)19-10-2-3-11-20(19)24(31)30-12-5-4-9-18(30)14-21-27-28-22(32-21)16-7-6-8-17(25)13-16/h2-3,6-8,10-11,13,18H,4-5,9,12,14H2,1H3/t18-/m0/s1. The number of aromatic nitrogens is 4. The Kier molecular flexibility index (Phi) is 5.92. The minimum Gasteiger partial charge on any atom is -0.421 e. The molecule has 5 rings (SSSR count). The zero-order valence-electron chi connectivity index (χ0n) is 18.1. The van der Waals surface area contributed by atoms with Crippen molar-refractivity contribution in [1.29, 1.82) is 0 Å². The molecular formula is C24H22ClN5O3. The molecule has 0 N–H and O–H groups in total. The highest BCUT2D eigenvalue weighted by molar-refractivity contribution is 6.30. The van der Waals surface area contributed by atoms with E-state index >= 15 is 0 Å². The molecule has 1 atom stereocenters. The molecule has 2 aromatic carbocycles. The molecular weight excluding hydrogens is 442 g/mol. The highest BCUT2D eigenvalue weighted by atomic mass is 35.5. The molecule has 0 unspecified atom stereocenters. The molecule has 168 valence electrons. The van der Waals surface area contributed by atoms with Crippen LogP contribution in [0.25, 0.3) is 22.9 Å². The number of nitrogens with zero attached hydrogens (tertiary/aromatic N) is 5. The van der Waals surface area contributed by atoms with Gasteiger partial charge in [0.25, 0.3) is 11.8 Å². The molecule has 8 nitrogen and oxygen atoms in total. The van der Waals surface area contributed by atoms with Crippen molar-refractivity contribution in [3.63, 3.8) is 0 Å². The number of halogens is 1. The molecule has 0 bridgehead atoms. The van der Waals surface area contributed by atoms with Gasteiger partial charge in [0.1, 0.15) is 0 Å². The van der Waals surface area contributed by atoms with Crippen LogP contribution in [0, 0.1) is 6.92 Å². The Morgan fingerprint density at radius 3 is 2.82 bits per heavy atom. The highest BCUT2D eigenvalue weighted by Crippen LogP contribution is 2.28. The van der Waals surface area contributed by atoms with Crippen LogP contribution >= 0.6 is 11.6 Å². The Morgan fingerprint density at radius 2 is 2.00 bits per heavy atom. The molecule has 9 heteroatoms. The second-order valence-corrected chi connectivity index (χ2v) is 8.49. The van der Waals surface area contributed by atoms with Crippen molar-refractivity contribution >= 4 is 17.5 Å². The van der Waals surface area contributed by atoms with Gasteiger partial charge in [-0.1, -0.05) is 35.0 Å². The summed E-state index contributed by atoms with van der Waals surface area (Å²) >= 11 is 6.08. The smallest absolute Gasteiger partial charge is 0.258 e. The van der Waals surface area contributed by atoms with Crippen LogP contribution in [-0.2, 0) is 6.42 Å². The molecule has 0 spiro atoms. The van der Waals surface area contributed by atoms with Crippen LogP contribution in [0.3, 0.4) is 0 Å². The van der Waals surface area contributed by atoms with Crippen molar-refractivity contribution in [2.75, 3.05) is 6.54 Å².